The molecule has 21 heavy (non-hydrogen) atoms. The van der Waals surface area contributed by atoms with E-state index < -0.39 is 12.1 Å². The molecule has 108 valence electrons. The average molecular weight is 367 g/mol. The Hall–Kier alpha value is -1.60. The van der Waals surface area contributed by atoms with E-state index in [1.807, 2.05) is 18.4 Å². The van der Waals surface area contributed by atoms with Crippen molar-refractivity contribution in [1.82, 2.24) is 9.97 Å². The molecule has 1 aliphatic rings. The number of hydrogen-bond acceptors (Lipinski definition) is 6. The molecule has 1 atom stereocenters. The molecule has 0 radical (unpaired) electrons. The maximum Gasteiger partial charge on any atom is 0.351 e. The molecule has 0 bridgehead atoms. The zero-order valence-corrected chi connectivity index (χ0v) is 13.7. The first-order valence-corrected chi connectivity index (χ1v) is 8.11. The van der Waals surface area contributed by atoms with Crippen molar-refractivity contribution in [2.75, 3.05) is 13.4 Å². The number of thioether (sulfide) groups is 1. The lowest BCUT2D eigenvalue weighted by atomic mass is 9.99. The van der Waals surface area contributed by atoms with Crippen LogP contribution in [0.3, 0.4) is 0 Å². The van der Waals surface area contributed by atoms with E-state index in [0.29, 0.717) is 22.2 Å². The van der Waals surface area contributed by atoms with Crippen molar-refractivity contribution < 1.29 is 14.3 Å². The molecule has 0 fully saturated rings. The molecule has 0 aliphatic carbocycles. The summed E-state index contributed by atoms with van der Waals surface area (Å²) in [6.07, 6.45) is 2.69. The summed E-state index contributed by atoms with van der Waals surface area (Å²) < 4.78 is 11.5. The number of esters is 1. The summed E-state index contributed by atoms with van der Waals surface area (Å²) in [6.45, 7) is 0. The smallest absolute Gasteiger partial charge is 0.351 e. The van der Waals surface area contributed by atoms with Gasteiger partial charge < -0.3 is 9.47 Å². The van der Waals surface area contributed by atoms with E-state index in [1.54, 1.807) is 12.3 Å². The van der Waals surface area contributed by atoms with E-state index in [-0.39, 0.29) is 0 Å². The number of methoxy groups -OCH3 is 1. The number of fused-ring (bicyclic) bond motifs is 3. The number of carbonyl (C=O) groups is 1. The molecule has 0 saturated heterocycles. The van der Waals surface area contributed by atoms with Gasteiger partial charge in [0, 0.05) is 21.8 Å². The molecule has 7 heteroatoms. The molecule has 0 N–H and O–H groups in total. The lowest BCUT2D eigenvalue weighted by Crippen LogP contribution is -2.24. The summed E-state index contributed by atoms with van der Waals surface area (Å²) >= 11 is 4.88. The summed E-state index contributed by atoms with van der Waals surface area (Å²) in [5, 5.41) is 0.644. The average Bonchev–Trinajstić information content (AvgIpc) is 2.53. The Morgan fingerprint density at radius 2 is 2.29 bits per heavy atom. The topological polar surface area (TPSA) is 61.3 Å². The van der Waals surface area contributed by atoms with Crippen LogP contribution in [0.15, 0.2) is 34.0 Å². The quantitative estimate of drug-likeness (QED) is 0.461. The van der Waals surface area contributed by atoms with Crippen LogP contribution in [0.4, 0.5) is 0 Å². The molecule has 2 heterocycles. The maximum atomic E-state index is 11.9. The van der Waals surface area contributed by atoms with Gasteiger partial charge in [-0.15, -0.1) is 0 Å². The number of nitrogens with zero attached hydrogens (tertiary/aromatic N) is 2. The number of aromatic nitrogens is 2. The minimum Gasteiger partial charge on any atom is -0.473 e. The van der Waals surface area contributed by atoms with Crippen molar-refractivity contribution in [3.8, 4) is 17.0 Å². The molecule has 1 aromatic carbocycles. The lowest BCUT2D eigenvalue weighted by molar-refractivity contribution is -0.149. The molecule has 1 aliphatic heterocycles. The molecule has 3 rings (SSSR count). The van der Waals surface area contributed by atoms with Crippen LogP contribution in [0, 0.1) is 0 Å². The third-order valence-electron chi connectivity index (χ3n) is 3.12. The first-order valence-electron chi connectivity index (χ1n) is 6.09. The van der Waals surface area contributed by atoms with E-state index in [1.165, 1.54) is 18.9 Å². The Labute approximate surface area is 134 Å². The van der Waals surface area contributed by atoms with Gasteiger partial charge in [0.25, 0.3) is 0 Å². The number of hydrogen-bond donors (Lipinski definition) is 0. The van der Waals surface area contributed by atoms with Gasteiger partial charge in [-0.05, 0) is 24.5 Å². The molecule has 0 spiro atoms. The van der Waals surface area contributed by atoms with Crippen molar-refractivity contribution in [2.45, 2.75) is 11.3 Å². The fraction of sp³-hybridized carbons (Fsp3) is 0.214. The van der Waals surface area contributed by atoms with Crippen molar-refractivity contribution in [3.05, 3.63) is 34.4 Å². The van der Waals surface area contributed by atoms with Gasteiger partial charge in [-0.1, -0.05) is 27.7 Å². The predicted octanol–water partition coefficient (Wildman–Crippen LogP) is 3.23. The monoisotopic (exact) mass is 366 g/mol. The summed E-state index contributed by atoms with van der Waals surface area (Å²) in [4.78, 5) is 20.7. The molecule has 0 saturated carbocycles. The van der Waals surface area contributed by atoms with Gasteiger partial charge >= 0.3 is 5.97 Å². The van der Waals surface area contributed by atoms with Gasteiger partial charge in [0.05, 0.1) is 12.8 Å². The van der Waals surface area contributed by atoms with Gasteiger partial charge in [-0.25, -0.2) is 14.8 Å². The van der Waals surface area contributed by atoms with Crippen LogP contribution in [0.5, 0.6) is 5.75 Å². The standard InChI is InChI=1S/C14H11BrN2O3S/c1-19-13(18)12-9-6-16-14(21-2)17-11(9)8-5-7(15)3-4-10(8)20-12/h3-6,12H,1-2H3/t12-/m1/s1. The van der Waals surface area contributed by atoms with Crippen LogP contribution in [0.25, 0.3) is 11.3 Å². The normalized spacial score (nSPS) is 15.7. The van der Waals surface area contributed by atoms with E-state index in [4.69, 9.17) is 9.47 Å². The zero-order valence-electron chi connectivity index (χ0n) is 11.3. The molecule has 0 amide bonds. The third-order valence-corrected chi connectivity index (χ3v) is 4.17. The van der Waals surface area contributed by atoms with Crippen LogP contribution < -0.4 is 4.74 Å². The highest BCUT2D eigenvalue weighted by Gasteiger charge is 2.34. The Kier molecular flexibility index (Phi) is 3.86. The number of rotatable bonds is 2. The highest BCUT2D eigenvalue weighted by Crippen LogP contribution is 2.42. The van der Waals surface area contributed by atoms with E-state index >= 15 is 0 Å². The first-order chi connectivity index (χ1) is 10.1. The van der Waals surface area contributed by atoms with Gasteiger partial charge in [-0.2, -0.15) is 0 Å². The molecule has 1 aromatic heterocycles. The van der Waals surface area contributed by atoms with Gasteiger partial charge in [0.15, 0.2) is 5.16 Å². The van der Waals surface area contributed by atoms with Crippen molar-refractivity contribution in [2.24, 2.45) is 0 Å². The Morgan fingerprint density at radius 3 is 3.00 bits per heavy atom. The minimum absolute atomic E-state index is 0.467. The van der Waals surface area contributed by atoms with Gasteiger partial charge in [0.2, 0.25) is 6.10 Å². The largest absolute Gasteiger partial charge is 0.473 e. The van der Waals surface area contributed by atoms with Gasteiger partial charge in [-0.3, -0.25) is 0 Å². The van der Waals surface area contributed by atoms with Crippen molar-refractivity contribution in [3.63, 3.8) is 0 Å². The summed E-state index contributed by atoms with van der Waals surface area (Å²) in [5.41, 5.74) is 2.15. The van der Waals surface area contributed by atoms with Crippen LogP contribution in [-0.2, 0) is 9.53 Å². The molecule has 0 unspecified atom stereocenters. The number of ether oxygens (including phenoxy) is 2. The second-order valence-corrected chi connectivity index (χ2v) is 6.01. The number of carbonyl (C=O) groups excluding carboxylic acids is 1. The van der Waals surface area contributed by atoms with E-state index in [9.17, 15) is 4.79 Å². The fourth-order valence-electron chi connectivity index (χ4n) is 2.14. The third kappa shape index (κ3) is 2.51. The Bertz CT molecular complexity index is 723. The predicted molar refractivity (Wildman–Crippen MR) is 82.3 cm³/mol. The van der Waals surface area contributed by atoms with Crippen LogP contribution >= 0.6 is 27.7 Å². The maximum absolute atomic E-state index is 11.9. The second kappa shape index (κ2) is 5.65. The summed E-state index contributed by atoms with van der Waals surface area (Å²) in [6, 6.07) is 5.58. The lowest BCUT2D eigenvalue weighted by Gasteiger charge is -2.26. The highest BCUT2D eigenvalue weighted by atomic mass is 79.9. The van der Waals surface area contributed by atoms with Crippen LogP contribution in [0.2, 0.25) is 0 Å². The molecular weight excluding hydrogens is 356 g/mol. The summed E-state index contributed by atoms with van der Waals surface area (Å²) in [7, 11) is 1.33. The minimum atomic E-state index is -0.838. The molecule has 5 nitrogen and oxygen atoms in total. The SMILES string of the molecule is COC(=O)[C@@H]1Oc2ccc(Br)cc2-c2nc(SC)ncc21. The highest BCUT2D eigenvalue weighted by molar-refractivity contribution is 9.10. The van der Waals surface area contributed by atoms with E-state index in [0.717, 1.165) is 10.0 Å². The van der Waals surface area contributed by atoms with Crippen LogP contribution in [0.1, 0.15) is 11.7 Å². The number of benzene rings is 1. The van der Waals surface area contributed by atoms with Crippen molar-refractivity contribution >= 4 is 33.7 Å². The van der Waals surface area contributed by atoms with Crippen LogP contribution in [-0.4, -0.2) is 29.3 Å². The van der Waals surface area contributed by atoms with Gasteiger partial charge in [0.1, 0.15) is 5.75 Å². The summed E-state index contributed by atoms with van der Waals surface area (Å²) in [5.74, 6) is 0.136. The second-order valence-electron chi connectivity index (χ2n) is 4.32. The number of halogens is 1. The Morgan fingerprint density at radius 1 is 1.48 bits per heavy atom. The zero-order chi connectivity index (χ0) is 15.0. The molecule has 2 aromatic rings. The Balaban J connectivity index is 2.22. The van der Waals surface area contributed by atoms with Crippen molar-refractivity contribution in [1.29, 1.82) is 0 Å². The first kappa shape index (κ1) is 14.3. The van der Waals surface area contributed by atoms with E-state index in [2.05, 4.69) is 25.9 Å². The fourth-order valence-corrected chi connectivity index (χ4v) is 2.85. The molecular formula is C14H11BrN2O3S.